The second-order valence-electron chi connectivity index (χ2n) is 5.51. The van der Waals surface area contributed by atoms with Gasteiger partial charge in [-0.2, -0.15) is 0 Å². The zero-order chi connectivity index (χ0) is 24.7. The van der Waals surface area contributed by atoms with Crippen molar-refractivity contribution in [1.82, 2.24) is 0 Å². The van der Waals surface area contributed by atoms with Crippen LogP contribution in [0.2, 0.25) is 0 Å². The highest BCUT2D eigenvalue weighted by molar-refractivity contribution is 6.23. The first kappa shape index (κ1) is 11.1. The quantitative estimate of drug-likeness (QED) is 0.433. The number of rotatable bonds is 12. The first-order valence-electron chi connectivity index (χ1n) is 12.1. The molecule has 1 aliphatic carbocycles. The SMILES string of the molecule is [2H]C([2H])(CO)CCCCCCCCC1=C(C([2H])([2H])[2H])C(=O)C(OC)=C(OC([2H])([2H])[2H])C1=O. The summed E-state index contributed by atoms with van der Waals surface area (Å²) in [7, 11) is -2.00. The summed E-state index contributed by atoms with van der Waals surface area (Å²) in [5.74, 6) is -3.60. The third-order valence-corrected chi connectivity index (χ3v) is 3.87. The molecule has 0 amide bonds. The van der Waals surface area contributed by atoms with Crippen molar-refractivity contribution in [2.24, 2.45) is 0 Å². The van der Waals surface area contributed by atoms with E-state index in [-0.39, 0.29) is 18.4 Å². The Morgan fingerprint density at radius 3 is 2.17 bits per heavy atom. The highest BCUT2D eigenvalue weighted by Gasteiger charge is 2.34. The van der Waals surface area contributed by atoms with Crippen LogP contribution in [0.5, 0.6) is 0 Å². The molecule has 0 atom stereocenters. The van der Waals surface area contributed by atoms with Crippen LogP contribution < -0.4 is 0 Å². The lowest BCUT2D eigenvalue weighted by molar-refractivity contribution is -0.121. The fraction of sp³-hybridized carbons (Fsp3) is 0.684. The molecule has 1 aliphatic rings. The molecule has 0 aromatic carbocycles. The highest BCUT2D eigenvalue weighted by atomic mass is 16.5. The Labute approximate surface area is 156 Å². The Kier molecular flexibility index (Phi) is 5.09. The van der Waals surface area contributed by atoms with Gasteiger partial charge in [0.1, 0.15) is 0 Å². The van der Waals surface area contributed by atoms with Gasteiger partial charge in [0.25, 0.3) is 0 Å². The summed E-state index contributed by atoms with van der Waals surface area (Å²) in [6, 6.07) is 0. The molecule has 0 aromatic heterocycles. The Balaban J connectivity index is 2.82. The minimum Gasteiger partial charge on any atom is -0.489 e. The number of hydrogen-bond acceptors (Lipinski definition) is 5. The van der Waals surface area contributed by atoms with Crippen molar-refractivity contribution < 1.29 is 35.1 Å². The van der Waals surface area contributed by atoms with E-state index in [0.717, 1.165) is 26.4 Å². The van der Waals surface area contributed by atoms with Gasteiger partial charge in [0.2, 0.25) is 23.1 Å². The summed E-state index contributed by atoms with van der Waals surface area (Å²) in [6.07, 6.45) is 2.59. The number of carbonyl (C=O) groups excluding carboxylic acids is 2. The van der Waals surface area contributed by atoms with E-state index < -0.39 is 55.5 Å². The first-order valence-corrected chi connectivity index (χ1v) is 8.06. The van der Waals surface area contributed by atoms with E-state index in [0.29, 0.717) is 19.3 Å². The molecule has 1 rings (SSSR count). The number of methoxy groups -OCH3 is 2. The second-order valence-corrected chi connectivity index (χ2v) is 5.51. The van der Waals surface area contributed by atoms with Gasteiger partial charge in [-0.25, -0.2) is 0 Å². The lowest BCUT2D eigenvalue weighted by Crippen LogP contribution is -2.25. The minimum absolute atomic E-state index is 0.0315. The van der Waals surface area contributed by atoms with Crippen molar-refractivity contribution in [1.29, 1.82) is 0 Å². The number of carbonyl (C=O) groups is 2. The van der Waals surface area contributed by atoms with Gasteiger partial charge in [-0.1, -0.05) is 38.5 Å². The summed E-state index contributed by atoms with van der Waals surface area (Å²) in [5.41, 5.74) is -0.963. The first-order chi connectivity index (χ1) is 14.6. The normalized spacial score (nSPS) is 21.9. The van der Waals surface area contributed by atoms with Gasteiger partial charge in [0, 0.05) is 24.6 Å². The van der Waals surface area contributed by atoms with Gasteiger partial charge in [-0.3, -0.25) is 9.59 Å². The van der Waals surface area contributed by atoms with E-state index in [2.05, 4.69) is 4.74 Å². The van der Waals surface area contributed by atoms with E-state index >= 15 is 0 Å². The Bertz CT molecular complexity index is 750. The minimum atomic E-state index is -3.02. The molecule has 5 heteroatoms. The van der Waals surface area contributed by atoms with Gasteiger partial charge in [0.05, 0.1) is 18.3 Å². The molecule has 0 saturated heterocycles. The highest BCUT2D eigenvalue weighted by Crippen LogP contribution is 2.28. The zero-order valence-corrected chi connectivity index (χ0v) is 13.9. The maximum Gasteiger partial charge on any atom is 0.228 e. The molecule has 24 heavy (non-hydrogen) atoms. The molecule has 5 nitrogen and oxygen atoms in total. The van der Waals surface area contributed by atoms with Crippen molar-refractivity contribution in [2.75, 3.05) is 20.8 Å². The van der Waals surface area contributed by atoms with Gasteiger partial charge in [-0.15, -0.1) is 0 Å². The predicted molar refractivity (Wildman–Crippen MR) is 92.4 cm³/mol. The number of aliphatic hydroxyl groups excluding tert-OH is 1. The van der Waals surface area contributed by atoms with Gasteiger partial charge in [0.15, 0.2) is 0 Å². The average molecular weight is 346 g/mol. The number of hydrogen-bond donors (Lipinski definition) is 1. The molecule has 0 bridgehead atoms. The monoisotopic (exact) mass is 346 g/mol. The van der Waals surface area contributed by atoms with Crippen LogP contribution in [-0.2, 0) is 19.1 Å². The predicted octanol–water partition coefficient (Wildman–Crippen LogP) is 3.46. The van der Waals surface area contributed by atoms with E-state index in [1.807, 2.05) is 0 Å². The van der Waals surface area contributed by atoms with Crippen LogP contribution in [0.15, 0.2) is 22.7 Å². The molecule has 0 radical (unpaired) electrons. The average Bonchev–Trinajstić information content (AvgIpc) is 2.65. The Morgan fingerprint density at radius 1 is 0.958 bits per heavy atom. The Morgan fingerprint density at radius 2 is 1.58 bits per heavy atom. The van der Waals surface area contributed by atoms with Crippen LogP contribution >= 0.6 is 0 Å². The van der Waals surface area contributed by atoms with Gasteiger partial charge >= 0.3 is 0 Å². The third-order valence-electron chi connectivity index (χ3n) is 3.87. The molecule has 0 heterocycles. The van der Waals surface area contributed by atoms with E-state index in [9.17, 15) is 9.59 Å². The molecule has 0 fully saturated rings. The van der Waals surface area contributed by atoms with Crippen LogP contribution in [0.3, 0.4) is 0 Å². The molecule has 0 aliphatic heterocycles. The van der Waals surface area contributed by atoms with Crippen LogP contribution in [0.1, 0.15) is 75.6 Å². The Hall–Kier alpha value is -1.62. The van der Waals surface area contributed by atoms with Crippen molar-refractivity contribution in [3.8, 4) is 0 Å². The number of ketones is 2. The van der Waals surface area contributed by atoms with Gasteiger partial charge < -0.3 is 14.6 Å². The van der Waals surface area contributed by atoms with Crippen LogP contribution in [0.4, 0.5) is 0 Å². The number of Topliss-reactive ketones (excluding diaryl/α,β-unsaturated/α-hetero) is 2. The van der Waals surface area contributed by atoms with E-state index in [1.165, 1.54) is 0 Å². The van der Waals surface area contributed by atoms with Crippen molar-refractivity contribution >= 4 is 11.6 Å². The standard InChI is InChI=1S/C19H30O5/c1-14-15(12-10-8-6-4-5-7-9-11-13-20)17(22)19(24-3)18(23-2)16(14)21/h20H,4-13H2,1-3H3/i1D3,3D3,11D2. The van der Waals surface area contributed by atoms with Crippen LogP contribution in [0, 0.1) is 0 Å². The molecule has 0 unspecified atom stereocenters. The summed E-state index contributed by atoms with van der Waals surface area (Å²) in [5, 5.41) is 8.90. The smallest absolute Gasteiger partial charge is 0.228 e. The molecule has 0 saturated carbocycles. The summed E-state index contributed by atoms with van der Waals surface area (Å²) in [4.78, 5) is 25.6. The molecular weight excluding hydrogens is 308 g/mol. The molecule has 0 spiro atoms. The van der Waals surface area contributed by atoms with Crippen LogP contribution in [0.25, 0.3) is 0 Å². The largest absolute Gasteiger partial charge is 0.489 e. The van der Waals surface area contributed by atoms with Gasteiger partial charge in [-0.05, 0) is 26.1 Å². The topological polar surface area (TPSA) is 72.8 Å². The lowest BCUT2D eigenvalue weighted by atomic mass is 9.89. The molecule has 136 valence electrons. The van der Waals surface area contributed by atoms with Crippen molar-refractivity contribution in [3.63, 3.8) is 0 Å². The number of allylic oxidation sites excluding steroid dienone is 2. The van der Waals surface area contributed by atoms with E-state index in [1.54, 1.807) is 0 Å². The van der Waals surface area contributed by atoms with E-state index in [4.69, 9.17) is 20.8 Å². The summed E-state index contributed by atoms with van der Waals surface area (Å²) < 4.78 is 69.2. The summed E-state index contributed by atoms with van der Waals surface area (Å²) >= 11 is 0. The van der Waals surface area contributed by atoms with Crippen molar-refractivity contribution in [3.05, 3.63) is 22.7 Å². The molecule has 1 N–H and O–H groups in total. The lowest BCUT2D eigenvalue weighted by Gasteiger charge is -2.20. The number of aliphatic hydroxyl groups is 1. The second kappa shape index (κ2) is 11.0. The maximum absolute atomic E-state index is 12.9. The summed E-state index contributed by atoms with van der Waals surface area (Å²) in [6.45, 7) is -3.41. The maximum atomic E-state index is 12.9. The van der Waals surface area contributed by atoms with Crippen LogP contribution in [-0.4, -0.2) is 37.4 Å². The third kappa shape index (κ3) is 5.48. The fourth-order valence-corrected chi connectivity index (χ4v) is 2.56. The molecule has 0 aromatic rings. The van der Waals surface area contributed by atoms with Crippen molar-refractivity contribution in [2.45, 2.75) is 64.6 Å². The fourth-order valence-electron chi connectivity index (χ4n) is 2.56. The number of unbranched alkanes of at least 4 members (excludes halogenated alkanes) is 5. The molecular formula is C19H30O5. The zero-order valence-electron chi connectivity index (χ0n) is 21.9. The number of ether oxygens (including phenoxy) is 2.